The molecule has 2 N–H and O–H groups in total. The van der Waals surface area contributed by atoms with Gasteiger partial charge in [-0.3, -0.25) is 9.59 Å². The molecule has 6 atom stereocenters. The number of carbonyl (C=O) groups excluding carboxylic acids is 3. The minimum Gasteiger partial charge on any atom is -0.456 e. The summed E-state index contributed by atoms with van der Waals surface area (Å²) in [7, 11) is 0. The number of ketones is 2. The van der Waals surface area contributed by atoms with Gasteiger partial charge in [0.2, 0.25) is 5.78 Å². The molecule has 6 heteroatoms. The number of esters is 1. The second-order valence-corrected chi connectivity index (χ2v) is 10.1. The third-order valence-electron chi connectivity index (χ3n) is 9.07. The lowest BCUT2D eigenvalue weighted by molar-refractivity contribution is -0.170. The predicted octanol–water partition coefficient (Wildman–Crippen LogP) is 2.35. The molecule has 0 unspecified atom stereocenters. The van der Waals surface area contributed by atoms with Crippen LogP contribution >= 0.6 is 0 Å². The van der Waals surface area contributed by atoms with E-state index in [-0.39, 0.29) is 17.1 Å². The summed E-state index contributed by atoms with van der Waals surface area (Å²) in [6.45, 7) is 3.08. The Morgan fingerprint density at radius 1 is 1.10 bits per heavy atom. The van der Waals surface area contributed by atoms with Crippen LogP contribution in [0.5, 0.6) is 0 Å². The van der Waals surface area contributed by atoms with E-state index in [4.69, 9.17) is 9.84 Å². The molecule has 3 fully saturated rings. The van der Waals surface area contributed by atoms with Crippen LogP contribution in [0.3, 0.4) is 0 Å². The maximum Gasteiger partial charge on any atom is 0.332 e. The van der Waals surface area contributed by atoms with Gasteiger partial charge in [0.05, 0.1) is 0 Å². The number of hydrogen-bond acceptors (Lipinski definition) is 6. The summed E-state index contributed by atoms with van der Waals surface area (Å²) in [5, 5.41) is 20.3. The quantitative estimate of drug-likeness (QED) is 0.698. The molecule has 0 aromatic heterocycles. The van der Waals surface area contributed by atoms with Gasteiger partial charge in [-0.1, -0.05) is 19.4 Å². The van der Waals surface area contributed by atoms with E-state index >= 15 is 0 Å². The fourth-order valence-corrected chi connectivity index (χ4v) is 7.34. The molecule has 0 aliphatic heterocycles. The highest BCUT2D eigenvalue weighted by molar-refractivity contribution is 5.92. The minimum atomic E-state index is -1.49. The lowest BCUT2D eigenvalue weighted by Crippen LogP contribution is -2.58. The fourth-order valence-electron chi connectivity index (χ4n) is 7.34. The van der Waals surface area contributed by atoms with Crippen molar-refractivity contribution < 1.29 is 29.3 Å². The summed E-state index contributed by atoms with van der Waals surface area (Å²) >= 11 is 0. The van der Waals surface area contributed by atoms with Crippen LogP contribution in [0.25, 0.3) is 0 Å². The first kappa shape index (κ1) is 20.7. The summed E-state index contributed by atoms with van der Waals surface area (Å²) in [4.78, 5) is 36.1. The lowest BCUT2D eigenvalue weighted by atomic mass is 9.46. The summed E-state index contributed by atoms with van der Waals surface area (Å²) in [5.74, 6) is 0.115. The van der Waals surface area contributed by atoms with Crippen LogP contribution in [0, 0.1) is 28.6 Å². The van der Waals surface area contributed by atoms with Crippen molar-refractivity contribution in [1.82, 2.24) is 0 Å². The molecule has 0 aromatic carbocycles. The van der Waals surface area contributed by atoms with Gasteiger partial charge in [0.1, 0.15) is 12.2 Å². The molecular formula is C23H32O6. The van der Waals surface area contributed by atoms with Crippen molar-refractivity contribution in [2.24, 2.45) is 28.6 Å². The average Bonchev–Trinajstić information content (AvgIpc) is 2.98. The number of carbonyl (C=O) groups is 3. The third-order valence-corrected chi connectivity index (χ3v) is 9.07. The van der Waals surface area contributed by atoms with Gasteiger partial charge in [-0.2, -0.15) is 0 Å². The Labute approximate surface area is 171 Å². The van der Waals surface area contributed by atoms with E-state index in [0.717, 1.165) is 38.5 Å². The number of hydrogen-bond donors (Lipinski definition) is 2. The van der Waals surface area contributed by atoms with Crippen molar-refractivity contribution in [2.75, 3.05) is 13.2 Å². The highest BCUT2D eigenvalue weighted by Gasteiger charge is 2.66. The van der Waals surface area contributed by atoms with Gasteiger partial charge in [0.15, 0.2) is 12.4 Å². The fraction of sp³-hybridized carbons (Fsp3) is 0.783. The Bertz CT molecular complexity index is 771. The Balaban J connectivity index is 1.57. The van der Waals surface area contributed by atoms with Crippen LogP contribution in [0.1, 0.15) is 65.2 Å². The number of aliphatic hydroxyl groups is 2. The third kappa shape index (κ3) is 2.94. The zero-order chi connectivity index (χ0) is 21.0. The average molecular weight is 405 g/mol. The monoisotopic (exact) mass is 404 g/mol. The van der Waals surface area contributed by atoms with E-state index in [2.05, 4.69) is 6.92 Å². The van der Waals surface area contributed by atoms with Gasteiger partial charge < -0.3 is 14.9 Å². The molecule has 0 heterocycles. The standard InChI is InChI=1S/C23H32O6/c1-21-8-5-15(25)11-14(21)3-4-16-17(21)6-9-22(2)18(16)7-10-23(22,28)19(26)13-29-20(27)12-24/h11,16-18,24,28H,3-10,12-13H2,1-2H3/t16-,17+,18+,21+,22+,23+/m1/s1. The maximum atomic E-state index is 12.9. The summed E-state index contributed by atoms with van der Waals surface area (Å²) in [5.41, 5.74) is -0.657. The van der Waals surface area contributed by atoms with Crippen LogP contribution in [-0.2, 0) is 19.1 Å². The Morgan fingerprint density at radius 2 is 1.83 bits per heavy atom. The van der Waals surface area contributed by atoms with Crippen molar-refractivity contribution in [3.8, 4) is 0 Å². The molecule has 4 aliphatic carbocycles. The van der Waals surface area contributed by atoms with Crippen molar-refractivity contribution >= 4 is 17.5 Å². The molecule has 0 spiro atoms. The second-order valence-electron chi connectivity index (χ2n) is 10.1. The second kappa shape index (κ2) is 7.02. The molecule has 29 heavy (non-hydrogen) atoms. The summed E-state index contributed by atoms with van der Waals surface area (Å²) < 4.78 is 4.82. The largest absolute Gasteiger partial charge is 0.456 e. The zero-order valence-electron chi connectivity index (χ0n) is 17.4. The van der Waals surface area contributed by atoms with E-state index in [1.165, 1.54) is 5.57 Å². The van der Waals surface area contributed by atoms with Crippen LogP contribution in [-0.4, -0.2) is 46.6 Å². The van der Waals surface area contributed by atoms with E-state index in [9.17, 15) is 19.5 Å². The Hall–Kier alpha value is -1.53. The molecule has 0 saturated heterocycles. The molecule has 4 rings (SSSR count). The van der Waals surface area contributed by atoms with Crippen molar-refractivity contribution in [2.45, 2.75) is 70.8 Å². The molecule has 3 saturated carbocycles. The van der Waals surface area contributed by atoms with E-state index in [1.807, 2.05) is 13.0 Å². The van der Waals surface area contributed by atoms with Gasteiger partial charge in [0, 0.05) is 11.8 Å². The van der Waals surface area contributed by atoms with E-state index in [1.54, 1.807) is 0 Å². The number of allylic oxidation sites excluding steroid dienone is 1. The van der Waals surface area contributed by atoms with Crippen molar-refractivity contribution in [3.63, 3.8) is 0 Å². The molecule has 0 amide bonds. The van der Waals surface area contributed by atoms with Gasteiger partial charge in [-0.05, 0) is 74.2 Å². The number of Topliss-reactive ketones (excluding diaryl/α,β-unsaturated/α-hetero) is 1. The van der Waals surface area contributed by atoms with Gasteiger partial charge in [0.25, 0.3) is 0 Å². The first-order chi connectivity index (χ1) is 13.7. The van der Waals surface area contributed by atoms with Crippen LogP contribution in [0.2, 0.25) is 0 Å². The van der Waals surface area contributed by atoms with E-state index < -0.39 is 36.0 Å². The number of ether oxygens (including phenoxy) is 1. The molecular weight excluding hydrogens is 372 g/mol. The summed E-state index contributed by atoms with van der Waals surface area (Å²) in [6, 6.07) is 0. The lowest BCUT2D eigenvalue weighted by Gasteiger charge is -2.58. The molecule has 0 aromatic rings. The topological polar surface area (TPSA) is 101 Å². The minimum absolute atomic E-state index is 0.0551. The normalized spacial score (nSPS) is 43.7. The van der Waals surface area contributed by atoms with Gasteiger partial charge in [-0.25, -0.2) is 4.79 Å². The molecule has 4 aliphatic rings. The maximum absolute atomic E-state index is 12.9. The first-order valence-electron chi connectivity index (χ1n) is 10.9. The highest BCUT2D eigenvalue weighted by atomic mass is 16.5. The SMILES string of the molecule is C[C@]12CCC(=O)C=C1CC[C@@H]1[C@@H]2CC[C@@]2(C)[C@H]1CC[C@]2(O)C(=O)COC(=O)CO. The Kier molecular flexibility index (Phi) is 5.02. The predicted molar refractivity (Wildman–Crippen MR) is 105 cm³/mol. The van der Waals surface area contributed by atoms with Gasteiger partial charge >= 0.3 is 5.97 Å². The zero-order valence-corrected chi connectivity index (χ0v) is 17.4. The van der Waals surface area contributed by atoms with Crippen LogP contribution < -0.4 is 0 Å². The Morgan fingerprint density at radius 3 is 2.55 bits per heavy atom. The highest BCUT2D eigenvalue weighted by Crippen LogP contribution is 2.67. The van der Waals surface area contributed by atoms with E-state index in [0.29, 0.717) is 24.7 Å². The molecule has 0 bridgehead atoms. The van der Waals surface area contributed by atoms with Crippen LogP contribution in [0.15, 0.2) is 11.6 Å². The molecule has 6 nitrogen and oxygen atoms in total. The van der Waals surface area contributed by atoms with Crippen molar-refractivity contribution in [3.05, 3.63) is 11.6 Å². The van der Waals surface area contributed by atoms with Crippen LogP contribution in [0.4, 0.5) is 0 Å². The number of aliphatic hydroxyl groups excluding tert-OH is 1. The van der Waals surface area contributed by atoms with Gasteiger partial charge in [-0.15, -0.1) is 0 Å². The number of fused-ring (bicyclic) bond motifs is 5. The smallest absolute Gasteiger partial charge is 0.332 e. The number of rotatable bonds is 4. The summed E-state index contributed by atoms with van der Waals surface area (Å²) in [6.07, 6.45) is 8.22. The van der Waals surface area contributed by atoms with Crippen molar-refractivity contribution in [1.29, 1.82) is 0 Å². The first-order valence-corrected chi connectivity index (χ1v) is 10.9. The molecule has 0 radical (unpaired) electrons. The molecule has 160 valence electrons.